The van der Waals surface area contributed by atoms with Crippen LogP contribution in [0.5, 0.6) is 0 Å². The molecular weight excluding hydrogens is 240 g/mol. The standard InChI is InChI=1S/C20H18/c1-14-8-10-17(11-9-14)15(2)19-13-12-18-6-4-5-7-20(18)16(19)3/h4-11,13H,2-3,12H2,1H3. The van der Waals surface area contributed by atoms with Gasteiger partial charge < -0.3 is 0 Å². The molecular formula is C20H18. The highest BCUT2D eigenvalue weighted by Crippen LogP contribution is 2.37. The van der Waals surface area contributed by atoms with Crippen molar-refractivity contribution in [1.29, 1.82) is 0 Å². The molecule has 0 heteroatoms. The summed E-state index contributed by atoms with van der Waals surface area (Å²) >= 11 is 0. The fourth-order valence-electron chi connectivity index (χ4n) is 2.69. The van der Waals surface area contributed by atoms with Gasteiger partial charge in [-0.25, -0.2) is 0 Å². The lowest BCUT2D eigenvalue weighted by atomic mass is 9.83. The van der Waals surface area contributed by atoms with Crippen LogP contribution in [0.3, 0.4) is 0 Å². The van der Waals surface area contributed by atoms with Gasteiger partial charge in [-0.05, 0) is 46.8 Å². The second kappa shape index (κ2) is 4.97. The molecule has 20 heavy (non-hydrogen) atoms. The highest BCUT2D eigenvalue weighted by molar-refractivity contribution is 5.98. The van der Waals surface area contributed by atoms with E-state index in [0.717, 1.165) is 17.6 Å². The van der Waals surface area contributed by atoms with Crippen molar-refractivity contribution in [1.82, 2.24) is 0 Å². The van der Waals surface area contributed by atoms with Crippen LogP contribution in [0.1, 0.15) is 22.3 Å². The smallest absolute Gasteiger partial charge is 0.00819 e. The zero-order valence-corrected chi connectivity index (χ0v) is 11.8. The Hall–Kier alpha value is -2.34. The number of benzene rings is 2. The molecule has 0 amide bonds. The third kappa shape index (κ3) is 2.14. The summed E-state index contributed by atoms with van der Waals surface area (Å²) in [6, 6.07) is 17.0. The van der Waals surface area contributed by atoms with E-state index in [4.69, 9.17) is 0 Å². The van der Waals surface area contributed by atoms with E-state index in [1.54, 1.807) is 0 Å². The number of hydrogen-bond donors (Lipinski definition) is 0. The molecule has 0 unspecified atom stereocenters. The fraction of sp³-hybridized carbons (Fsp3) is 0.100. The summed E-state index contributed by atoms with van der Waals surface area (Å²) in [4.78, 5) is 0. The van der Waals surface area contributed by atoms with Gasteiger partial charge in [0.05, 0.1) is 0 Å². The van der Waals surface area contributed by atoms with Crippen LogP contribution >= 0.6 is 0 Å². The van der Waals surface area contributed by atoms with Gasteiger partial charge in [0.25, 0.3) is 0 Å². The third-order valence-electron chi connectivity index (χ3n) is 3.92. The molecule has 0 nitrogen and oxygen atoms in total. The first-order chi connectivity index (χ1) is 9.66. The molecule has 2 aromatic carbocycles. The second-order valence-electron chi connectivity index (χ2n) is 5.30. The Morgan fingerprint density at radius 2 is 1.70 bits per heavy atom. The highest BCUT2D eigenvalue weighted by Gasteiger charge is 2.17. The predicted molar refractivity (Wildman–Crippen MR) is 87.5 cm³/mol. The van der Waals surface area contributed by atoms with Crippen molar-refractivity contribution in [3.63, 3.8) is 0 Å². The summed E-state index contributed by atoms with van der Waals surface area (Å²) in [6.07, 6.45) is 3.20. The highest BCUT2D eigenvalue weighted by atomic mass is 14.2. The van der Waals surface area contributed by atoms with E-state index in [-0.39, 0.29) is 0 Å². The van der Waals surface area contributed by atoms with Gasteiger partial charge >= 0.3 is 0 Å². The Kier molecular flexibility index (Phi) is 3.15. The van der Waals surface area contributed by atoms with Crippen molar-refractivity contribution in [3.05, 3.63) is 95.6 Å². The minimum atomic E-state index is 0.954. The van der Waals surface area contributed by atoms with Crippen molar-refractivity contribution >= 4 is 11.1 Å². The summed E-state index contributed by atoms with van der Waals surface area (Å²) < 4.78 is 0. The molecule has 0 heterocycles. The molecule has 0 bridgehead atoms. The minimum Gasteiger partial charge on any atom is -0.0905 e. The summed E-state index contributed by atoms with van der Waals surface area (Å²) in [5.41, 5.74) is 8.34. The van der Waals surface area contributed by atoms with E-state index in [9.17, 15) is 0 Å². The van der Waals surface area contributed by atoms with Crippen LogP contribution in [-0.2, 0) is 6.42 Å². The van der Waals surface area contributed by atoms with Crippen molar-refractivity contribution in [2.75, 3.05) is 0 Å². The van der Waals surface area contributed by atoms with Gasteiger partial charge in [-0.15, -0.1) is 0 Å². The zero-order valence-electron chi connectivity index (χ0n) is 11.8. The minimum absolute atomic E-state index is 0.954. The Labute approximate surface area is 120 Å². The Morgan fingerprint density at radius 3 is 2.45 bits per heavy atom. The third-order valence-corrected chi connectivity index (χ3v) is 3.92. The number of fused-ring (bicyclic) bond motifs is 1. The van der Waals surface area contributed by atoms with E-state index in [2.05, 4.69) is 74.7 Å². The van der Waals surface area contributed by atoms with Gasteiger partial charge in [0, 0.05) is 0 Å². The first kappa shape index (κ1) is 12.7. The zero-order chi connectivity index (χ0) is 14.1. The Balaban J connectivity index is 1.96. The molecule has 0 aliphatic heterocycles. The summed E-state index contributed by atoms with van der Waals surface area (Å²) in [5.74, 6) is 0. The maximum Gasteiger partial charge on any atom is -0.00819 e. The van der Waals surface area contributed by atoms with Crippen molar-refractivity contribution in [3.8, 4) is 0 Å². The molecule has 0 fully saturated rings. The average Bonchev–Trinajstić information content (AvgIpc) is 2.48. The number of aryl methyl sites for hydroxylation is 1. The molecule has 2 aromatic rings. The maximum atomic E-state index is 4.27. The SMILES string of the molecule is C=C(C1=CCc2ccccc2C1=C)c1ccc(C)cc1. The lowest BCUT2D eigenvalue weighted by Gasteiger charge is -2.21. The molecule has 0 N–H and O–H groups in total. The van der Waals surface area contributed by atoms with Crippen molar-refractivity contribution in [2.45, 2.75) is 13.3 Å². The Bertz CT molecular complexity index is 712. The number of hydrogen-bond acceptors (Lipinski definition) is 0. The first-order valence-electron chi connectivity index (χ1n) is 6.91. The summed E-state index contributed by atoms with van der Waals surface area (Å²) in [5, 5.41) is 0. The normalized spacial score (nSPS) is 13.7. The monoisotopic (exact) mass is 258 g/mol. The lowest BCUT2D eigenvalue weighted by Crippen LogP contribution is -2.02. The number of rotatable bonds is 2. The quantitative estimate of drug-likeness (QED) is 0.694. The van der Waals surface area contributed by atoms with Crippen LogP contribution in [-0.4, -0.2) is 0 Å². The fourth-order valence-corrected chi connectivity index (χ4v) is 2.69. The van der Waals surface area contributed by atoms with Crippen LogP contribution < -0.4 is 0 Å². The van der Waals surface area contributed by atoms with E-state index in [0.29, 0.717) is 0 Å². The average molecular weight is 258 g/mol. The van der Waals surface area contributed by atoms with Crippen molar-refractivity contribution < 1.29 is 0 Å². The van der Waals surface area contributed by atoms with Gasteiger partial charge in [0.2, 0.25) is 0 Å². The van der Waals surface area contributed by atoms with Crippen LogP contribution in [0.2, 0.25) is 0 Å². The molecule has 0 saturated carbocycles. The molecule has 0 saturated heterocycles. The van der Waals surface area contributed by atoms with Gasteiger partial charge in [-0.2, -0.15) is 0 Å². The molecule has 98 valence electrons. The van der Waals surface area contributed by atoms with Gasteiger partial charge in [-0.3, -0.25) is 0 Å². The molecule has 0 spiro atoms. The summed E-state index contributed by atoms with van der Waals surface area (Å²) in [7, 11) is 0. The van der Waals surface area contributed by atoms with Crippen molar-refractivity contribution in [2.24, 2.45) is 0 Å². The molecule has 3 rings (SSSR count). The van der Waals surface area contributed by atoms with E-state index in [1.807, 2.05) is 0 Å². The van der Waals surface area contributed by atoms with E-state index < -0.39 is 0 Å². The molecule has 1 aliphatic rings. The molecule has 0 radical (unpaired) electrons. The largest absolute Gasteiger partial charge is 0.0905 e. The van der Waals surface area contributed by atoms with Gasteiger partial charge in [0.15, 0.2) is 0 Å². The van der Waals surface area contributed by atoms with Crippen LogP contribution in [0.15, 0.2) is 73.3 Å². The van der Waals surface area contributed by atoms with Crippen LogP contribution in [0, 0.1) is 6.92 Å². The summed E-state index contributed by atoms with van der Waals surface area (Å²) in [6.45, 7) is 10.6. The van der Waals surface area contributed by atoms with Crippen LogP contribution in [0.25, 0.3) is 11.1 Å². The second-order valence-corrected chi connectivity index (χ2v) is 5.30. The van der Waals surface area contributed by atoms with Gasteiger partial charge in [0.1, 0.15) is 0 Å². The van der Waals surface area contributed by atoms with Gasteiger partial charge in [-0.1, -0.05) is 73.3 Å². The predicted octanol–water partition coefficient (Wildman–Crippen LogP) is 5.20. The molecule has 0 atom stereocenters. The molecule has 0 aromatic heterocycles. The Morgan fingerprint density at radius 1 is 1.00 bits per heavy atom. The topological polar surface area (TPSA) is 0 Å². The lowest BCUT2D eigenvalue weighted by molar-refractivity contribution is 1.21. The van der Waals surface area contributed by atoms with E-state index in [1.165, 1.54) is 27.8 Å². The maximum absolute atomic E-state index is 4.27. The van der Waals surface area contributed by atoms with E-state index >= 15 is 0 Å². The van der Waals surface area contributed by atoms with Crippen LogP contribution in [0.4, 0.5) is 0 Å². The number of allylic oxidation sites excluding steroid dienone is 4. The first-order valence-corrected chi connectivity index (χ1v) is 6.91. The molecule has 1 aliphatic carbocycles.